The molecule has 0 saturated heterocycles. The van der Waals surface area contributed by atoms with Gasteiger partial charge in [-0.25, -0.2) is 9.50 Å². The molecule has 0 radical (unpaired) electrons. The number of fused-ring (bicyclic) bond motifs is 2. The maximum absolute atomic E-state index is 12.3. The first-order chi connectivity index (χ1) is 12.1. The van der Waals surface area contributed by atoms with Crippen molar-refractivity contribution in [3.8, 4) is 0 Å². The van der Waals surface area contributed by atoms with Gasteiger partial charge in [0, 0.05) is 23.5 Å². The first-order valence-electron chi connectivity index (χ1n) is 8.25. The van der Waals surface area contributed by atoms with Gasteiger partial charge in [-0.2, -0.15) is 5.10 Å². The van der Waals surface area contributed by atoms with E-state index in [1.165, 1.54) is 10.9 Å². The van der Waals surface area contributed by atoms with Gasteiger partial charge in [0.25, 0.3) is 0 Å². The summed E-state index contributed by atoms with van der Waals surface area (Å²) in [6.45, 7) is 4.35. The van der Waals surface area contributed by atoms with E-state index in [1.54, 1.807) is 11.3 Å². The molecule has 7 heteroatoms. The highest BCUT2D eigenvalue weighted by Gasteiger charge is 2.13. The van der Waals surface area contributed by atoms with Gasteiger partial charge in [-0.05, 0) is 31.9 Å². The minimum Gasteiger partial charge on any atom is -0.361 e. The number of aryl methyl sites for hydroxylation is 3. The second-order valence-electron chi connectivity index (χ2n) is 6.10. The summed E-state index contributed by atoms with van der Waals surface area (Å²) in [4.78, 5) is 20.9. The lowest BCUT2D eigenvalue weighted by Crippen LogP contribution is -2.24. The quantitative estimate of drug-likeness (QED) is 0.579. The van der Waals surface area contributed by atoms with Crippen LogP contribution in [-0.2, 0) is 17.8 Å². The summed E-state index contributed by atoms with van der Waals surface area (Å²) in [5.74, 6) is 0.0339. The molecule has 4 aromatic rings. The number of nitrogens with one attached hydrogen (secondary N) is 2. The Balaban J connectivity index is 1.40. The molecule has 0 aliphatic rings. The van der Waals surface area contributed by atoms with Gasteiger partial charge in [0.1, 0.15) is 5.01 Å². The molecule has 0 saturated carbocycles. The van der Waals surface area contributed by atoms with E-state index in [4.69, 9.17) is 0 Å². The number of H-pyrrole nitrogens is 1. The lowest BCUT2D eigenvalue weighted by Gasteiger charge is -2.05. The number of amides is 1. The number of carbonyl (C=O) groups excluding carboxylic acids is 1. The van der Waals surface area contributed by atoms with Crippen LogP contribution in [0.1, 0.15) is 28.4 Å². The third-order valence-corrected chi connectivity index (χ3v) is 5.17. The summed E-state index contributed by atoms with van der Waals surface area (Å²) in [6.07, 6.45) is 3.16. The van der Waals surface area contributed by atoms with E-state index in [0.717, 1.165) is 26.9 Å². The van der Waals surface area contributed by atoms with Crippen molar-refractivity contribution in [1.29, 1.82) is 0 Å². The largest absolute Gasteiger partial charge is 0.361 e. The summed E-state index contributed by atoms with van der Waals surface area (Å²) < 4.78 is 1.83. The van der Waals surface area contributed by atoms with E-state index in [-0.39, 0.29) is 5.91 Å². The van der Waals surface area contributed by atoms with E-state index in [2.05, 4.69) is 26.4 Å². The summed E-state index contributed by atoms with van der Waals surface area (Å²) in [5.41, 5.74) is 4.13. The smallest absolute Gasteiger partial charge is 0.220 e. The molecule has 0 aliphatic carbocycles. The normalized spacial score (nSPS) is 11.4. The Morgan fingerprint density at radius 3 is 3.04 bits per heavy atom. The van der Waals surface area contributed by atoms with Crippen molar-refractivity contribution in [2.45, 2.75) is 33.2 Å². The van der Waals surface area contributed by atoms with Gasteiger partial charge in [-0.3, -0.25) is 4.79 Å². The number of imidazole rings is 1. The first-order valence-corrected chi connectivity index (χ1v) is 9.07. The first kappa shape index (κ1) is 15.8. The van der Waals surface area contributed by atoms with Crippen LogP contribution in [0.15, 0.2) is 30.5 Å². The standard InChI is InChI=1S/C18H19N5OS/c1-11-16(23-18(21-11)25-12(2)22-23)10-20-17(24)8-7-13-9-19-15-6-4-3-5-14(13)15/h3-6,9,19H,7-8,10H2,1-2H3,(H,20,24). The van der Waals surface area contributed by atoms with Crippen molar-refractivity contribution < 1.29 is 4.79 Å². The number of rotatable bonds is 5. The van der Waals surface area contributed by atoms with Crippen molar-refractivity contribution in [3.05, 3.63) is 52.4 Å². The van der Waals surface area contributed by atoms with Crippen LogP contribution in [0.4, 0.5) is 0 Å². The van der Waals surface area contributed by atoms with Gasteiger partial charge >= 0.3 is 0 Å². The molecule has 0 spiro atoms. The fourth-order valence-electron chi connectivity index (χ4n) is 3.05. The van der Waals surface area contributed by atoms with E-state index < -0.39 is 0 Å². The summed E-state index contributed by atoms with van der Waals surface area (Å²) in [6, 6.07) is 8.14. The maximum Gasteiger partial charge on any atom is 0.220 e. The predicted octanol–water partition coefficient (Wildman–Crippen LogP) is 3.14. The highest BCUT2D eigenvalue weighted by molar-refractivity contribution is 7.16. The molecule has 3 aromatic heterocycles. The summed E-state index contributed by atoms with van der Waals surface area (Å²) >= 11 is 1.56. The molecule has 1 aromatic carbocycles. The molecular formula is C18H19N5OS. The second kappa shape index (κ2) is 6.33. The Kier molecular flexibility index (Phi) is 4.01. The lowest BCUT2D eigenvalue weighted by molar-refractivity contribution is -0.121. The minimum atomic E-state index is 0.0339. The molecule has 1 amide bonds. The average molecular weight is 353 g/mol. The van der Waals surface area contributed by atoms with Crippen molar-refractivity contribution in [3.63, 3.8) is 0 Å². The van der Waals surface area contributed by atoms with Crippen LogP contribution < -0.4 is 5.32 Å². The van der Waals surface area contributed by atoms with E-state index >= 15 is 0 Å². The lowest BCUT2D eigenvalue weighted by atomic mass is 10.1. The zero-order valence-electron chi connectivity index (χ0n) is 14.2. The van der Waals surface area contributed by atoms with Crippen molar-refractivity contribution in [2.24, 2.45) is 0 Å². The number of para-hydroxylation sites is 1. The molecule has 0 aliphatic heterocycles. The highest BCUT2D eigenvalue weighted by Crippen LogP contribution is 2.19. The van der Waals surface area contributed by atoms with Gasteiger partial charge in [-0.1, -0.05) is 29.5 Å². The number of aromatic nitrogens is 4. The van der Waals surface area contributed by atoms with Gasteiger partial charge in [0.05, 0.1) is 17.9 Å². The zero-order chi connectivity index (χ0) is 17.4. The molecule has 128 valence electrons. The molecule has 0 atom stereocenters. The van der Waals surface area contributed by atoms with Crippen LogP contribution in [0.3, 0.4) is 0 Å². The van der Waals surface area contributed by atoms with Crippen LogP contribution in [0.2, 0.25) is 0 Å². The third kappa shape index (κ3) is 3.02. The van der Waals surface area contributed by atoms with Gasteiger partial charge < -0.3 is 10.3 Å². The molecule has 6 nitrogen and oxygen atoms in total. The van der Waals surface area contributed by atoms with E-state index in [9.17, 15) is 4.79 Å². The summed E-state index contributed by atoms with van der Waals surface area (Å²) in [7, 11) is 0. The Bertz CT molecular complexity index is 1060. The van der Waals surface area contributed by atoms with Crippen molar-refractivity contribution in [2.75, 3.05) is 0 Å². The van der Waals surface area contributed by atoms with Gasteiger partial charge in [0.2, 0.25) is 10.9 Å². The van der Waals surface area contributed by atoms with Gasteiger partial charge in [-0.15, -0.1) is 0 Å². The van der Waals surface area contributed by atoms with Crippen molar-refractivity contribution >= 4 is 33.1 Å². The minimum absolute atomic E-state index is 0.0339. The van der Waals surface area contributed by atoms with Gasteiger partial charge in [0.15, 0.2) is 0 Å². The highest BCUT2D eigenvalue weighted by atomic mass is 32.1. The molecule has 25 heavy (non-hydrogen) atoms. The molecular weight excluding hydrogens is 334 g/mol. The fraction of sp³-hybridized carbons (Fsp3) is 0.278. The van der Waals surface area contributed by atoms with Crippen LogP contribution in [-0.4, -0.2) is 25.5 Å². The van der Waals surface area contributed by atoms with Crippen LogP contribution in [0.25, 0.3) is 15.9 Å². The molecule has 0 fully saturated rings. The number of nitrogens with zero attached hydrogens (tertiary/aromatic N) is 3. The zero-order valence-corrected chi connectivity index (χ0v) is 15.0. The van der Waals surface area contributed by atoms with Crippen LogP contribution >= 0.6 is 11.3 Å². The Labute approximate surface area is 148 Å². The Morgan fingerprint density at radius 2 is 2.16 bits per heavy atom. The molecule has 0 unspecified atom stereocenters. The Hall–Kier alpha value is -2.67. The molecule has 3 heterocycles. The number of carbonyl (C=O) groups is 1. The van der Waals surface area contributed by atoms with E-state index in [1.807, 2.05) is 42.8 Å². The monoisotopic (exact) mass is 353 g/mol. The molecule has 2 N–H and O–H groups in total. The Morgan fingerprint density at radius 1 is 1.32 bits per heavy atom. The van der Waals surface area contributed by atoms with Crippen molar-refractivity contribution in [1.82, 2.24) is 24.9 Å². The molecule has 4 rings (SSSR count). The van der Waals surface area contributed by atoms with Crippen LogP contribution in [0.5, 0.6) is 0 Å². The fourth-order valence-corrected chi connectivity index (χ4v) is 3.85. The third-order valence-electron chi connectivity index (χ3n) is 4.35. The number of hydrogen-bond donors (Lipinski definition) is 2. The number of aromatic amines is 1. The average Bonchev–Trinajstić information content (AvgIpc) is 3.24. The second-order valence-corrected chi connectivity index (χ2v) is 7.26. The molecule has 0 bridgehead atoms. The summed E-state index contributed by atoms with van der Waals surface area (Å²) in [5, 5.41) is 9.59. The predicted molar refractivity (Wildman–Crippen MR) is 98.8 cm³/mol. The number of benzene rings is 1. The van der Waals surface area contributed by atoms with Crippen LogP contribution in [0, 0.1) is 13.8 Å². The SMILES string of the molecule is Cc1nn2c(CNC(=O)CCc3c[nH]c4ccccc34)c(C)nc2s1. The number of hydrogen-bond acceptors (Lipinski definition) is 4. The topological polar surface area (TPSA) is 75.1 Å². The maximum atomic E-state index is 12.3. The van der Waals surface area contributed by atoms with E-state index in [0.29, 0.717) is 19.4 Å².